The highest BCUT2D eigenvalue weighted by Gasteiger charge is 2.47. The van der Waals surface area contributed by atoms with E-state index >= 15 is 0 Å². The Morgan fingerprint density at radius 1 is 1.06 bits per heavy atom. The molecule has 1 aliphatic heterocycles. The fourth-order valence-electron chi connectivity index (χ4n) is 4.54. The lowest BCUT2D eigenvalue weighted by Crippen LogP contribution is -2.63. The topological polar surface area (TPSA) is 54.3 Å². The Morgan fingerprint density at radius 2 is 1.74 bits per heavy atom. The number of hydrogen-bond acceptors (Lipinski definition) is 3. The predicted octanol–water partition coefficient (Wildman–Crippen LogP) is 5.14. The van der Waals surface area contributed by atoms with E-state index in [1.54, 1.807) is 28.4 Å². The van der Waals surface area contributed by atoms with Crippen LogP contribution in [0.1, 0.15) is 41.0 Å². The van der Waals surface area contributed by atoms with Crippen LogP contribution in [0.3, 0.4) is 0 Å². The Labute approximate surface area is 201 Å². The summed E-state index contributed by atoms with van der Waals surface area (Å²) in [5.74, 6) is -0.714. The SMILES string of the molecule is CCc1ccc(CN2C(=O)c3cc4ccsc4n3CC2(C)C(=O)NCc2ccc(F)cc2)cc1. The molecule has 5 nitrogen and oxygen atoms in total. The minimum Gasteiger partial charge on any atom is -0.350 e. The summed E-state index contributed by atoms with van der Waals surface area (Å²) in [6.07, 6.45) is 0.941. The number of benzene rings is 2. The number of carbonyl (C=O) groups excluding carboxylic acids is 2. The van der Waals surface area contributed by atoms with Gasteiger partial charge in [0.2, 0.25) is 5.91 Å². The van der Waals surface area contributed by atoms with Gasteiger partial charge in [-0.1, -0.05) is 43.3 Å². The molecular formula is C27H26FN3O2S. The number of nitrogens with zero attached hydrogens (tertiary/aromatic N) is 2. The van der Waals surface area contributed by atoms with E-state index in [1.807, 2.05) is 41.1 Å². The number of amides is 2. The Kier molecular flexibility index (Phi) is 5.73. The highest BCUT2D eigenvalue weighted by Crippen LogP contribution is 2.35. The Bertz CT molecular complexity index is 1360. The summed E-state index contributed by atoms with van der Waals surface area (Å²) in [4.78, 5) is 30.0. The molecule has 7 heteroatoms. The number of nitrogens with one attached hydrogen (secondary N) is 1. The summed E-state index contributed by atoms with van der Waals surface area (Å²) < 4.78 is 15.2. The molecule has 1 N–H and O–H groups in total. The molecule has 0 aliphatic carbocycles. The van der Waals surface area contributed by atoms with Crippen molar-refractivity contribution in [3.63, 3.8) is 0 Å². The second-order valence-corrected chi connectivity index (χ2v) is 9.84. The first-order valence-electron chi connectivity index (χ1n) is 11.4. The van der Waals surface area contributed by atoms with E-state index in [2.05, 4.69) is 24.4 Å². The molecule has 2 aromatic heterocycles. The molecule has 1 unspecified atom stereocenters. The van der Waals surface area contributed by atoms with Gasteiger partial charge in [-0.15, -0.1) is 11.3 Å². The van der Waals surface area contributed by atoms with Gasteiger partial charge in [-0.25, -0.2) is 4.39 Å². The van der Waals surface area contributed by atoms with E-state index in [0.717, 1.165) is 27.8 Å². The summed E-state index contributed by atoms with van der Waals surface area (Å²) in [5, 5.41) is 5.99. The fourth-order valence-corrected chi connectivity index (χ4v) is 5.44. The van der Waals surface area contributed by atoms with Gasteiger partial charge < -0.3 is 14.8 Å². The van der Waals surface area contributed by atoms with Gasteiger partial charge >= 0.3 is 0 Å². The van der Waals surface area contributed by atoms with Crippen LogP contribution in [0.4, 0.5) is 4.39 Å². The van der Waals surface area contributed by atoms with Gasteiger partial charge in [0.25, 0.3) is 5.91 Å². The zero-order chi connectivity index (χ0) is 23.9. The first kappa shape index (κ1) is 22.3. The smallest absolute Gasteiger partial charge is 0.271 e. The van der Waals surface area contributed by atoms with Crippen molar-refractivity contribution in [1.82, 2.24) is 14.8 Å². The number of aromatic nitrogens is 1. The van der Waals surface area contributed by atoms with Gasteiger partial charge in [-0.05, 0) is 59.7 Å². The summed E-state index contributed by atoms with van der Waals surface area (Å²) in [6.45, 7) is 4.89. The van der Waals surface area contributed by atoms with E-state index in [1.165, 1.54) is 17.7 Å². The van der Waals surface area contributed by atoms with Crippen LogP contribution in [0.5, 0.6) is 0 Å². The average molecular weight is 476 g/mol. The largest absolute Gasteiger partial charge is 0.350 e. The summed E-state index contributed by atoms with van der Waals surface area (Å²) in [5.41, 5.74) is 2.51. The molecule has 0 fully saturated rings. The second kappa shape index (κ2) is 8.72. The Morgan fingerprint density at radius 3 is 2.44 bits per heavy atom. The van der Waals surface area contributed by atoms with Crippen LogP contribution in [0.25, 0.3) is 10.2 Å². The minimum absolute atomic E-state index is 0.159. The first-order chi connectivity index (χ1) is 16.4. The third-order valence-corrected chi connectivity index (χ3v) is 7.61. The standard InChI is InChI=1S/C27H26FN3O2S/c1-3-18-4-6-20(7-5-18)16-31-24(32)23-14-21-12-13-34-25(21)30(23)17-27(31,2)26(33)29-15-19-8-10-22(28)11-9-19/h4-14H,3,15-17H2,1-2H3,(H,29,33). The van der Waals surface area contributed by atoms with Crippen molar-refractivity contribution in [2.75, 3.05) is 0 Å². The van der Waals surface area contributed by atoms with Crippen LogP contribution in [-0.2, 0) is 30.8 Å². The van der Waals surface area contributed by atoms with Gasteiger partial charge in [0, 0.05) is 18.5 Å². The third-order valence-electron chi connectivity index (χ3n) is 6.66. The Hall–Kier alpha value is -3.45. The zero-order valence-corrected chi connectivity index (χ0v) is 20.0. The van der Waals surface area contributed by atoms with E-state index < -0.39 is 5.54 Å². The van der Waals surface area contributed by atoms with Crippen LogP contribution in [0.15, 0.2) is 66.0 Å². The molecule has 2 aromatic carbocycles. The predicted molar refractivity (Wildman–Crippen MR) is 132 cm³/mol. The molecule has 0 bridgehead atoms. The highest BCUT2D eigenvalue weighted by molar-refractivity contribution is 7.16. The van der Waals surface area contributed by atoms with E-state index in [0.29, 0.717) is 18.8 Å². The molecule has 0 spiro atoms. The fraction of sp³-hybridized carbons (Fsp3) is 0.259. The average Bonchev–Trinajstić information content (AvgIpc) is 3.44. The molecule has 34 heavy (non-hydrogen) atoms. The maximum Gasteiger partial charge on any atom is 0.271 e. The van der Waals surface area contributed by atoms with Crippen LogP contribution < -0.4 is 5.32 Å². The molecule has 2 amide bonds. The quantitative estimate of drug-likeness (QED) is 0.420. The number of thiophene rings is 1. The van der Waals surface area contributed by atoms with Crippen molar-refractivity contribution < 1.29 is 14.0 Å². The van der Waals surface area contributed by atoms with Crippen molar-refractivity contribution >= 4 is 33.4 Å². The number of fused-ring (bicyclic) bond motifs is 3. The molecule has 174 valence electrons. The highest BCUT2D eigenvalue weighted by atomic mass is 32.1. The number of halogens is 1. The summed E-state index contributed by atoms with van der Waals surface area (Å²) >= 11 is 1.57. The Balaban J connectivity index is 1.48. The molecule has 0 saturated carbocycles. The lowest BCUT2D eigenvalue weighted by Gasteiger charge is -2.44. The second-order valence-electron chi connectivity index (χ2n) is 8.94. The number of rotatable bonds is 6. The van der Waals surface area contributed by atoms with Gasteiger partial charge in [0.15, 0.2) is 0 Å². The molecule has 5 rings (SSSR count). The normalized spacial score (nSPS) is 17.7. The van der Waals surface area contributed by atoms with Crippen molar-refractivity contribution in [2.45, 2.75) is 45.4 Å². The van der Waals surface area contributed by atoms with Gasteiger partial charge in [-0.3, -0.25) is 9.59 Å². The summed E-state index contributed by atoms with van der Waals surface area (Å²) in [7, 11) is 0. The van der Waals surface area contributed by atoms with Gasteiger partial charge in [0.1, 0.15) is 21.9 Å². The van der Waals surface area contributed by atoms with Crippen LogP contribution in [-0.4, -0.2) is 26.8 Å². The third kappa shape index (κ3) is 3.90. The molecule has 1 aliphatic rings. The van der Waals surface area contributed by atoms with Crippen molar-refractivity contribution in [2.24, 2.45) is 0 Å². The number of carbonyl (C=O) groups is 2. The number of aryl methyl sites for hydroxylation is 1. The van der Waals surface area contributed by atoms with Crippen molar-refractivity contribution in [3.8, 4) is 0 Å². The van der Waals surface area contributed by atoms with Crippen molar-refractivity contribution in [1.29, 1.82) is 0 Å². The van der Waals surface area contributed by atoms with Crippen molar-refractivity contribution in [3.05, 3.63) is 94.2 Å². The van der Waals surface area contributed by atoms with Gasteiger partial charge in [0.05, 0.1) is 6.54 Å². The van der Waals surface area contributed by atoms with Crippen LogP contribution in [0, 0.1) is 5.82 Å². The minimum atomic E-state index is -1.09. The van der Waals surface area contributed by atoms with Crippen LogP contribution >= 0.6 is 11.3 Å². The maximum atomic E-state index is 13.7. The molecule has 1 atom stereocenters. The first-order valence-corrected chi connectivity index (χ1v) is 12.3. The molecule has 0 radical (unpaired) electrons. The molecule has 4 aromatic rings. The van der Waals surface area contributed by atoms with Crippen LogP contribution in [0.2, 0.25) is 0 Å². The molecule has 0 saturated heterocycles. The lowest BCUT2D eigenvalue weighted by molar-refractivity contribution is -0.133. The molecule has 3 heterocycles. The zero-order valence-electron chi connectivity index (χ0n) is 19.2. The monoisotopic (exact) mass is 475 g/mol. The van der Waals surface area contributed by atoms with Gasteiger partial charge in [-0.2, -0.15) is 0 Å². The van der Waals surface area contributed by atoms with E-state index in [9.17, 15) is 14.0 Å². The lowest BCUT2D eigenvalue weighted by atomic mass is 9.93. The number of hydrogen-bond donors (Lipinski definition) is 1. The van der Waals surface area contributed by atoms with E-state index in [-0.39, 0.29) is 24.2 Å². The van der Waals surface area contributed by atoms with E-state index in [4.69, 9.17) is 0 Å². The molecular weight excluding hydrogens is 449 g/mol. The summed E-state index contributed by atoms with van der Waals surface area (Å²) in [6, 6.07) is 18.1. The maximum absolute atomic E-state index is 13.7.